The maximum Gasteiger partial charge on any atom is 0.326 e. The molecule has 0 bridgehead atoms. The van der Waals surface area contributed by atoms with Crippen LogP contribution < -0.4 is 5.32 Å². The predicted molar refractivity (Wildman–Crippen MR) is 81.8 cm³/mol. The molecule has 0 fully saturated rings. The number of benzene rings is 1. The van der Waals surface area contributed by atoms with Crippen molar-refractivity contribution in [1.82, 2.24) is 5.32 Å². The molecule has 1 unspecified atom stereocenters. The van der Waals surface area contributed by atoms with E-state index in [0.717, 1.165) is 5.56 Å². The van der Waals surface area contributed by atoms with E-state index in [2.05, 4.69) is 5.32 Å². The van der Waals surface area contributed by atoms with Gasteiger partial charge < -0.3 is 14.8 Å². The molecule has 0 saturated heterocycles. The van der Waals surface area contributed by atoms with Gasteiger partial charge in [0, 0.05) is 12.3 Å². The van der Waals surface area contributed by atoms with E-state index in [1.807, 2.05) is 44.2 Å². The first kappa shape index (κ1) is 15.8. The molecule has 1 atom stereocenters. The van der Waals surface area contributed by atoms with Crippen molar-refractivity contribution in [1.29, 1.82) is 0 Å². The Morgan fingerprint density at radius 1 is 1.18 bits per heavy atom. The van der Waals surface area contributed by atoms with Gasteiger partial charge in [-0.2, -0.15) is 0 Å². The number of rotatable bonds is 6. The van der Waals surface area contributed by atoms with Crippen LogP contribution in [0.2, 0.25) is 0 Å². The Bertz CT molecular complexity index is 646. The fraction of sp³-hybridized carbons (Fsp3) is 0.294. The van der Waals surface area contributed by atoms with E-state index in [4.69, 9.17) is 4.42 Å². The summed E-state index contributed by atoms with van der Waals surface area (Å²) in [4.78, 5) is 23.7. The second kappa shape index (κ2) is 6.93. The minimum atomic E-state index is -1.06. The number of amides is 1. The lowest BCUT2D eigenvalue weighted by Gasteiger charge is -2.15. The molecule has 0 radical (unpaired) electrons. The number of carbonyl (C=O) groups excluding carboxylic acids is 1. The van der Waals surface area contributed by atoms with E-state index >= 15 is 0 Å². The molecule has 2 N–H and O–H groups in total. The van der Waals surface area contributed by atoms with Crippen LogP contribution in [0.3, 0.4) is 0 Å². The summed E-state index contributed by atoms with van der Waals surface area (Å²) in [6.45, 7) is 3.82. The van der Waals surface area contributed by atoms with Crippen molar-refractivity contribution in [2.45, 2.75) is 32.2 Å². The zero-order valence-electron chi connectivity index (χ0n) is 12.6. The Balaban J connectivity index is 2.12. The number of furan rings is 1. The number of hydrogen-bond acceptors (Lipinski definition) is 3. The molecule has 0 aliphatic carbocycles. The molecule has 1 aromatic carbocycles. The minimum Gasteiger partial charge on any atom is -0.480 e. The summed E-state index contributed by atoms with van der Waals surface area (Å²) in [6, 6.07) is 9.78. The highest BCUT2D eigenvalue weighted by Crippen LogP contribution is 2.20. The van der Waals surface area contributed by atoms with Crippen LogP contribution in [-0.2, 0) is 11.2 Å². The first-order valence-corrected chi connectivity index (χ1v) is 7.14. The average Bonchev–Trinajstić information content (AvgIpc) is 2.97. The van der Waals surface area contributed by atoms with Crippen LogP contribution in [0.15, 0.2) is 47.1 Å². The third-order valence-corrected chi connectivity index (χ3v) is 3.35. The molecular formula is C17H19NO4. The van der Waals surface area contributed by atoms with Crippen molar-refractivity contribution in [3.05, 3.63) is 59.5 Å². The largest absolute Gasteiger partial charge is 0.480 e. The molecule has 5 nitrogen and oxygen atoms in total. The van der Waals surface area contributed by atoms with Crippen LogP contribution in [0, 0.1) is 0 Å². The fourth-order valence-corrected chi connectivity index (χ4v) is 2.24. The number of carboxylic acids is 1. The van der Waals surface area contributed by atoms with E-state index < -0.39 is 17.9 Å². The summed E-state index contributed by atoms with van der Waals surface area (Å²) < 4.78 is 5.30. The maximum absolute atomic E-state index is 12.3. The highest BCUT2D eigenvalue weighted by Gasteiger charge is 2.24. The second-order valence-corrected chi connectivity index (χ2v) is 5.41. The second-order valence-electron chi connectivity index (χ2n) is 5.41. The van der Waals surface area contributed by atoms with Gasteiger partial charge in [0.25, 0.3) is 5.91 Å². The molecule has 1 heterocycles. The first-order chi connectivity index (χ1) is 10.5. The third kappa shape index (κ3) is 3.75. The van der Waals surface area contributed by atoms with Crippen molar-refractivity contribution in [2.24, 2.45) is 0 Å². The molecule has 0 saturated carbocycles. The molecule has 22 heavy (non-hydrogen) atoms. The van der Waals surface area contributed by atoms with Crippen molar-refractivity contribution in [2.75, 3.05) is 0 Å². The minimum absolute atomic E-state index is 0.0492. The van der Waals surface area contributed by atoms with Crippen LogP contribution in [0.5, 0.6) is 0 Å². The summed E-state index contributed by atoms with van der Waals surface area (Å²) in [5.74, 6) is -0.887. The molecule has 0 spiro atoms. The van der Waals surface area contributed by atoms with Crippen molar-refractivity contribution in [3.8, 4) is 0 Å². The number of aliphatic carboxylic acids is 1. The van der Waals surface area contributed by atoms with Crippen LogP contribution in [0.4, 0.5) is 0 Å². The number of nitrogens with one attached hydrogen (secondary N) is 1. The van der Waals surface area contributed by atoms with Gasteiger partial charge >= 0.3 is 5.97 Å². The summed E-state index contributed by atoms with van der Waals surface area (Å²) in [7, 11) is 0. The smallest absolute Gasteiger partial charge is 0.326 e. The molecule has 2 rings (SSSR count). The van der Waals surface area contributed by atoms with Crippen molar-refractivity contribution in [3.63, 3.8) is 0 Å². The molecule has 116 valence electrons. The summed E-state index contributed by atoms with van der Waals surface area (Å²) in [5.41, 5.74) is 1.24. The van der Waals surface area contributed by atoms with Gasteiger partial charge in [-0.25, -0.2) is 4.79 Å². The maximum atomic E-state index is 12.3. The molecule has 1 amide bonds. The predicted octanol–water partition coefficient (Wildman–Crippen LogP) is 2.83. The number of carbonyl (C=O) groups is 2. The van der Waals surface area contributed by atoms with Gasteiger partial charge in [-0.05, 0) is 11.6 Å². The molecular weight excluding hydrogens is 282 g/mol. The van der Waals surface area contributed by atoms with E-state index in [1.165, 1.54) is 6.26 Å². The highest BCUT2D eigenvalue weighted by atomic mass is 16.4. The van der Waals surface area contributed by atoms with E-state index in [0.29, 0.717) is 11.3 Å². The molecule has 0 aliphatic heterocycles. The molecule has 0 aliphatic rings. The number of hydrogen-bond donors (Lipinski definition) is 2. The van der Waals surface area contributed by atoms with Crippen LogP contribution in [0.1, 0.15) is 41.4 Å². The fourth-order valence-electron chi connectivity index (χ4n) is 2.24. The standard InChI is InChI=1S/C17H19NO4/c1-11(2)15-13(8-9-22-15)16(19)18-14(17(20)21)10-12-6-4-3-5-7-12/h3-9,11,14H,10H2,1-2H3,(H,18,19)(H,20,21). The first-order valence-electron chi connectivity index (χ1n) is 7.14. The summed E-state index contributed by atoms with van der Waals surface area (Å²) >= 11 is 0. The lowest BCUT2D eigenvalue weighted by Crippen LogP contribution is -2.42. The number of carboxylic acid groups (broad SMARTS) is 1. The van der Waals surface area contributed by atoms with Gasteiger partial charge in [-0.1, -0.05) is 44.2 Å². The van der Waals surface area contributed by atoms with Crippen LogP contribution in [0.25, 0.3) is 0 Å². The SMILES string of the molecule is CC(C)c1occc1C(=O)NC(Cc1ccccc1)C(=O)O. The summed E-state index contributed by atoms with van der Waals surface area (Å²) in [6.07, 6.45) is 1.67. The zero-order chi connectivity index (χ0) is 16.1. The topological polar surface area (TPSA) is 79.5 Å². The van der Waals surface area contributed by atoms with Crippen LogP contribution >= 0.6 is 0 Å². The lowest BCUT2D eigenvalue weighted by atomic mass is 10.0. The lowest BCUT2D eigenvalue weighted by molar-refractivity contribution is -0.139. The summed E-state index contributed by atoms with van der Waals surface area (Å²) in [5, 5.41) is 11.9. The monoisotopic (exact) mass is 301 g/mol. The van der Waals surface area contributed by atoms with E-state index in [-0.39, 0.29) is 12.3 Å². The van der Waals surface area contributed by atoms with E-state index in [9.17, 15) is 14.7 Å². The average molecular weight is 301 g/mol. The third-order valence-electron chi connectivity index (χ3n) is 3.35. The molecule has 2 aromatic rings. The van der Waals surface area contributed by atoms with Gasteiger partial charge in [0.15, 0.2) is 0 Å². The van der Waals surface area contributed by atoms with Crippen molar-refractivity contribution >= 4 is 11.9 Å². The molecule has 5 heteroatoms. The normalized spacial score (nSPS) is 12.1. The van der Waals surface area contributed by atoms with Gasteiger partial charge in [-0.15, -0.1) is 0 Å². The van der Waals surface area contributed by atoms with Crippen LogP contribution in [-0.4, -0.2) is 23.0 Å². The Hall–Kier alpha value is -2.56. The van der Waals surface area contributed by atoms with Gasteiger partial charge in [-0.3, -0.25) is 4.79 Å². The molecule has 1 aromatic heterocycles. The Labute approximate surface area is 129 Å². The van der Waals surface area contributed by atoms with Gasteiger partial charge in [0.05, 0.1) is 11.8 Å². The van der Waals surface area contributed by atoms with Gasteiger partial charge in [0.1, 0.15) is 11.8 Å². The highest BCUT2D eigenvalue weighted by molar-refractivity contribution is 5.97. The van der Waals surface area contributed by atoms with E-state index in [1.54, 1.807) is 6.07 Å². The van der Waals surface area contributed by atoms with Crippen molar-refractivity contribution < 1.29 is 19.1 Å². The Morgan fingerprint density at radius 2 is 1.86 bits per heavy atom. The Kier molecular flexibility index (Phi) is 4.99. The Morgan fingerprint density at radius 3 is 2.45 bits per heavy atom. The van der Waals surface area contributed by atoms with Gasteiger partial charge in [0.2, 0.25) is 0 Å². The zero-order valence-corrected chi connectivity index (χ0v) is 12.6. The quantitative estimate of drug-likeness (QED) is 0.860.